The molecule has 2 aliphatic rings. The molecule has 0 spiro atoms. The first kappa shape index (κ1) is 30.2. The molecule has 23 heteroatoms. The molecule has 0 saturated carbocycles. The van der Waals surface area contributed by atoms with Gasteiger partial charge < -0.3 is 26.3 Å². The van der Waals surface area contributed by atoms with Gasteiger partial charge in [-0.05, 0) is 13.8 Å². The molecule has 1 aromatic rings. The minimum absolute atomic E-state index is 0.0124. The number of rotatable bonds is 12. The molecule has 3 rings (SSSR count). The van der Waals surface area contributed by atoms with E-state index in [0.717, 1.165) is 36.6 Å². The smallest absolute Gasteiger partial charge is 0.397 e. The largest absolute Gasteiger partial charge is 0.478 e. The highest BCUT2D eigenvalue weighted by atomic mass is 32.3. The third kappa shape index (κ3) is 7.40. The Morgan fingerprint density at radius 1 is 1.31 bits per heavy atom. The van der Waals surface area contributed by atoms with Crippen molar-refractivity contribution in [2.24, 2.45) is 10.9 Å². The van der Waals surface area contributed by atoms with Gasteiger partial charge in [0.15, 0.2) is 5.71 Å². The van der Waals surface area contributed by atoms with Crippen molar-refractivity contribution >= 4 is 56.0 Å². The number of carbonyl (C=O) groups excluding carboxylic acids is 2. The Hall–Kier alpha value is -3.35. The van der Waals surface area contributed by atoms with Gasteiger partial charge in [0, 0.05) is 5.41 Å². The highest BCUT2D eigenvalue weighted by Crippen LogP contribution is 2.26. The highest BCUT2D eigenvalue weighted by Gasteiger charge is 2.54. The Morgan fingerprint density at radius 2 is 1.97 bits per heavy atom. The summed E-state index contributed by atoms with van der Waals surface area (Å²) in [7, 11) is -9.88. The summed E-state index contributed by atoms with van der Waals surface area (Å²) in [4.78, 5) is 42.8. The second kappa shape index (κ2) is 11.0. The summed E-state index contributed by atoms with van der Waals surface area (Å²) >= 11 is 1.04. The Kier molecular flexibility index (Phi) is 8.54. The average Bonchev–Trinajstić information content (AvgIpc) is 3.43. The molecule has 1 fully saturated rings. The fraction of sp³-hybridized carbons (Fsp3) is 0.500. The van der Waals surface area contributed by atoms with E-state index in [1.807, 2.05) is 0 Å². The summed E-state index contributed by atoms with van der Waals surface area (Å²) in [5.74, 6) is -3.74. The molecule has 216 valence electrons. The van der Waals surface area contributed by atoms with Crippen molar-refractivity contribution in [1.29, 1.82) is 0 Å². The summed E-state index contributed by atoms with van der Waals surface area (Å²) in [6.07, 6.45) is 1.02. The van der Waals surface area contributed by atoms with Gasteiger partial charge in [0.05, 0.1) is 18.4 Å². The van der Waals surface area contributed by atoms with Crippen molar-refractivity contribution in [3.05, 3.63) is 23.0 Å². The summed E-state index contributed by atoms with van der Waals surface area (Å²) < 4.78 is 67.4. The van der Waals surface area contributed by atoms with Crippen LogP contribution in [0.2, 0.25) is 0 Å². The monoisotopic (exact) mass is 614 g/mol. The van der Waals surface area contributed by atoms with Crippen molar-refractivity contribution in [3.63, 3.8) is 0 Å². The van der Waals surface area contributed by atoms with E-state index >= 15 is 0 Å². The number of carbonyl (C=O) groups is 3. The fourth-order valence-electron chi connectivity index (χ4n) is 3.04. The number of hydrogen-bond donors (Lipinski definition) is 6. The molecule has 1 aromatic heterocycles. The number of nitrogens with zero attached hydrogens (tertiary/aromatic N) is 5. The first-order chi connectivity index (χ1) is 17.9. The maximum absolute atomic E-state index is 13.1. The summed E-state index contributed by atoms with van der Waals surface area (Å²) in [5.41, 5.74) is 2.55. The van der Waals surface area contributed by atoms with Crippen molar-refractivity contribution < 1.29 is 54.5 Å². The molecule has 0 aromatic carbocycles. The van der Waals surface area contributed by atoms with Crippen LogP contribution in [0, 0.1) is 0 Å². The minimum atomic E-state index is -5.10. The van der Waals surface area contributed by atoms with Gasteiger partial charge in [-0.1, -0.05) is 16.9 Å². The summed E-state index contributed by atoms with van der Waals surface area (Å²) in [5, 5.41) is 26.7. The number of nitrogens with one attached hydrogen (secondary N) is 2. The Balaban J connectivity index is 1.83. The standard InChI is InChI=1S/C16H22N8O12S3/c1-16(2,14(27)28)36-22-10(8-6-37-15(17)19-8)12(25)20-11-9(24(13(11)26)38(29,30)31)4-23-18-3-7(21-23)5-35-39(32,33)34/h3,6,9,11,15,19H,4-5,17H2,1-2H3,(H,20,25)(H,27,28)(H,29,30,31)(H,32,33,34)/b22-10-. The van der Waals surface area contributed by atoms with Crippen LogP contribution in [0.15, 0.2) is 22.5 Å². The number of β-lactam (4-membered cyclic amide) rings is 1. The number of hydrogen-bond acceptors (Lipinski definition) is 15. The Morgan fingerprint density at radius 3 is 2.51 bits per heavy atom. The number of oxime groups is 1. The van der Waals surface area contributed by atoms with E-state index in [1.54, 1.807) is 0 Å². The normalized spacial score (nSPS) is 22.1. The number of aliphatic carboxylic acids is 1. The van der Waals surface area contributed by atoms with Gasteiger partial charge in [-0.15, -0.1) is 0 Å². The number of amides is 2. The number of carboxylic acids is 1. The minimum Gasteiger partial charge on any atom is -0.478 e. The van der Waals surface area contributed by atoms with Gasteiger partial charge in [-0.25, -0.2) is 13.3 Å². The zero-order chi connectivity index (χ0) is 29.3. The maximum Gasteiger partial charge on any atom is 0.397 e. The van der Waals surface area contributed by atoms with E-state index in [1.165, 1.54) is 5.41 Å². The van der Waals surface area contributed by atoms with E-state index in [4.69, 9.17) is 15.1 Å². The average molecular weight is 615 g/mol. The molecular formula is C16H22N8O12S3. The van der Waals surface area contributed by atoms with Crippen molar-refractivity contribution in [3.8, 4) is 0 Å². The zero-order valence-electron chi connectivity index (χ0n) is 19.9. The number of carboxylic acid groups (broad SMARTS) is 1. The van der Waals surface area contributed by atoms with Gasteiger partial charge in [-0.3, -0.25) is 18.7 Å². The van der Waals surface area contributed by atoms with Gasteiger partial charge in [0.2, 0.25) is 5.60 Å². The van der Waals surface area contributed by atoms with Crippen LogP contribution in [0.5, 0.6) is 0 Å². The van der Waals surface area contributed by atoms with Crippen LogP contribution in [0.25, 0.3) is 0 Å². The molecule has 0 bridgehead atoms. The SMILES string of the molecule is CC(C)(O/N=C(\C(=O)NC1C(=O)N(S(=O)(=O)O)C1Cn1ncc(COS(=O)(=O)O)n1)C1=CSC(N)N1)C(=O)O. The van der Waals surface area contributed by atoms with E-state index in [-0.39, 0.29) is 15.7 Å². The second-order valence-electron chi connectivity index (χ2n) is 8.29. The number of nitrogens with two attached hydrogens (primary N) is 1. The lowest BCUT2D eigenvalue weighted by atomic mass is 9.98. The quantitative estimate of drug-likeness (QED) is 0.0583. The van der Waals surface area contributed by atoms with Crippen LogP contribution in [0.3, 0.4) is 0 Å². The lowest BCUT2D eigenvalue weighted by molar-refractivity contribution is -0.161. The molecule has 3 heterocycles. The highest BCUT2D eigenvalue weighted by molar-refractivity contribution is 8.02. The molecule has 39 heavy (non-hydrogen) atoms. The third-order valence-corrected chi connectivity index (χ3v) is 7.12. The topological polar surface area (TPSA) is 295 Å². The predicted octanol–water partition coefficient (Wildman–Crippen LogP) is -3.25. The third-order valence-electron chi connectivity index (χ3n) is 4.98. The van der Waals surface area contributed by atoms with Gasteiger partial charge in [0.1, 0.15) is 29.9 Å². The fourth-order valence-corrected chi connectivity index (χ4v) is 4.84. The van der Waals surface area contributed by atoms with E-state index in [9.17, 15) is 40.9 Å². The molecule has 3 atom stereocenters. The summed E-state index contributed by atoms with van der Waals surface area (Å²) in [6.45, 7) is 1.07. The van der Waals surface area contributed by atoms with Crippen LogP contribution in [0.1, 0.15) is 19.5 Å². The van der Waals surface area contributed by atoms with E-state index in [0.29, 0.717) is 0 Å². The molecule has 1 saturated heterocycles. The van der Waals surface area contributed by atoms with Crippen molar-refractivity contribution in [2.45, 2.75) is 50.2 Å². The number of thioether (sulfide) groups is 1. The van der Waals surface area contributed by atoms with Gasteiger partial charge >= 0.3 is 26.7 Å². The van der Waals surface area contributed by atoms with Gasteiger partial charge in [-0.2, -0.15) is 31.8 Å². The molecule has 3 unspecified atom stereocenters. The second-order valence-corrected chi connectivity index (χ2v) is 11.7. The van der Waals surface area contributed by atoms with Crippen LogP contribution in [-0.4, -0.2) is 97.0 Å². The van der Waals surface area contributed by atoms with E-state index in [2.05, 4.69) is 30.2 Å². The molecular weight excluding hydrogens is 592 g/mol. The van der Waals surface area contributed by atoms with Crippen LogP contribution in [0.4, 0.5) is 0 Å². The van der Waals surface area contributed by atoms with Crippen LogP contribution >= 0.6 is 11.8 Å². The molecule has 20 nitrogen and oxygen atoms in total. The molecule has 2 amide bonds. The first-order valence-corrected chi connectivity index (χ1v) is 14.1. The van der Waals surface area contributed by atoms with Crippen LogP contribution < -0.4 is 16.4 Å². The maximum atomic E-state index is 13.1. The molecule has 2 aliphatic heterocycles. The Bertz CT molecular complexity index is 1440. The van der Waals surface area contributed by atoms with Crippen molar-refractivity contribution in [1.82, 2.24) is 29.9 Å². The zero-order valence-corrected chi connectivity index (χ0v) is 22.3. The Labute approximate surface area is 224 Å². The predicted molar refractivity (Wildman–Crippen MR) is 127 cm³/mol. The lowest BCUT2D eigenvalue weighted by Crippen LogP contribution is -2.73. The molecule has 0 aliphatic carbocycles. The van der Waals surface area contributed by atoms with Crippen LogP contribution in [-0.2, 0) is 57.3 Å². The molecule has 0 radical (unpaired) electrons. The first-order valence-electron chi connectivity index (χ1n) is 10.4. The van der Waals surface area contributed by atoms with Gasteiger partial charge in [0.25, 0.3) is 11.8 Å². The molecule has 7 N–H and O–H groups in total. The lowest BCUT2D eigenvalue weighted by Gasteiger charge is -2.43. The summed E-state index contributed by atoms with van der Waals surface area (Å²) in [6, 6.07) is -3.05. The number of aromatic nitrogens is 3. The van der Waals surface area contributed by atoms with E-state index < -0.39 is 80.5 Å². The van der Waals surface area contributed by atoms with Crippen molar-refractivity contribution in [2.75, 3.05) is 0 Å².